The van der Waals surface area contributed by atoms with E-state index in [0.29, 0.717) is 57.3 Å². The maximum absolute atomic E-state index is 12.7. The molecule has 0 unspecified atom stereocenters. The number of benzene rings is 1. The summed E-state index contributed by atoms with van der Waals surface area (Å²) in [5.74, 6) is 0.199. The van der Waals surface area contributed by atoms with E-state index in [1.807, 2.05) is 11.0 Å². The van der Waals surface area contributed by atoms with Crippen LogP contribution in [0.4, 0.5) is 21.0 Å². The molecule has 0 bridgehead atoms. The van der Waals surface area contributed by atoms with Crippen molar-refractivity contribution in [3.8, 4) is 0 Å². The molecule has 4 amide bonds. The summed E-state index contributed by atoms with van der Waals surface area (Å²) in [6.45, 7) is 5.59. The predicted octanol–water partition coefficient (Wildman–Crippen LogP) is 1.81. The number of hydrogen-bond donors (Lipinski definition) is 1. The Kier molecular flexibility index (Phi) is 6.37. The number of ether oxygens (including phenoxy) is 1. The van der Waals surface area contributed by atoms with E-state index in [-0.39, 0.29) is 18.0 Å². The van der Waals surface area contributed by atoms with Crippen LogP contribution in [0.15, 0.2) is 24.3 Å². The van der Waals surface area contributed by atoms with Gasteiger partial charge in [-0.05, 0) is 37.5 Å². The second-order valence-electron chi connectivity index (χ2n) is 7.95. The molecule has 30 heavy (non-hydrogen) atoms. The topological polar surface area (TPSA) is 85.4 Å². The summed E-state index contributed by atoms with van der Waals surface area (Å²) in [5, 5.41) is 2.91. The highest BCUT2D eigenvalue weighted by molar-refractivity contribution is 5.93. The summed E-state index contributed by atoms with van der Waals surface area (Å²) in [6, 6.07) is 7.04. The third-order valence-corrected chi connectivity index (χ3v) is 5.90. The van der Waals surface area contributed by atoms with Gasteiger partial charge in [-0.25, -0.2) is 9.59 Å². The number of anilines is 2. The van der Waals surface area contributed by atoms with E-state index in [4.69, 9.17) is 4.74 Å². The van der Waals surface area contributed by atoms with Crippen LogP contribution in [0, 0.1) is 0 Å². The molecule has 3 saturated heterocycles. The standard InChI is InChI=1S/C21H29N5O4/c27-19(24-7-2-1-3-8-24)16-23-9-11-25(12-10-23)20(28)22-17-5-4-6-18(15-17)26-13-14-30-21(26)29/h4-6,15H,1-3,7-14,16H2,(H,22,28). The van der Waals surface area contributed by atoms with Gasteiger partial charge in [-0.3, -0.25) is 14.6 Å². The molecule has 3 fully saturated rings. The fourth-order valence-electron chi connectivity index (χ4n) is 4.13. The highest BCUT2D eigenvalue weighted by Crippen LogP contribution is 2.22. The molecule has 3 aliphatic rings. The molecule has 9 heteroatoms. The second-order valence-corrected chi connectivity index (χ2v) is 7.95. The number of carbonyl (C=O) groups is 3. The molecule has 0 saturated carbocycles. The number of piperidine rings is 1. The maximum Gasteiger partial charge on any atom is 0.414 e. The van der Waals surface area contributed by atoms with E-state index >= 15 is 0 Å². The van der Waals surface area contributed by atoms with E-state index in [1.165, 1.54) is 6.42 Å². The van der Waals surface area contributed by atoms with Gasteiger partial charge in [-0.1, -0.05) is 6.07 Å². The molecule has 1 aromatic carbocycles. The van der Waals surface area contributed by atoms with Gasteiger partial charge in [0.05, 0.1) is 13.1 Å². The minimum absolute atomic E-state index is 0.168. The van der Waals surface area contributed by atoms with E-state index in [1.54, 1.807) is 28.0 Å². The van der Waals surface area contributed by atoms with Crippen molar-refractivity contribution >= 4 is 29.4 Å². The highest BCUT2D eigenvalue weighted by atomic mass is 16.6. The summed E-state index contributed by atoms with van der Waals surface area (Å²) in [7, 11) is 0. The van der Waals surface area contributed by atoms with Gasteiger partial charge in [-0.15, -0.1) is 0 Å². The Bertz CT molecular complexity index is 787. The van der Waals surface area contributed by atoms with Crippen LogP contribution in [-0.4, -0.2) is 91.7 Å². The largest absolute Gasteiger partial charge is 0.447 e. The number of hydrogen-bond acceptors (Lipinski definition) is 5. The van der Waals surface area contributed by atoms with Gasteiger partial charge < -0.3 is 19.9 Å². The first kappa shape index (κ1) is 20.5. The molecule has 0 aliphatic carbocycles. The summed E-state index contributed by atoms with van der Waals surface area (Å²) >= 11 is 0. The average Bonchev–Trinajstić information content (AvgIpc) is 3.21. The van der Waals surface area contributed by atoms with E-state index < -0.39 is 0 Å². The minimum Gasteiger partial charge on any atom is -0.447 e. The van der Waals surface area contributed by atoms with Crippen molar-refractivity contribution in [3.05, 3.63) is 24.3 Å². The van der Waals surface area contributed by atoms with Crippen LogP contribution in [0.3, 0.4) is 0 Å². The Labute approximate surface area is 176 Å². The number of nitrogens with one attached hydrogen (secondary N) is 1. The molecule has 0 atom stereocenters. The Balaban J connectivity index is 1.25. The number of urea groups is 1. The van der Waals surface area contributed by atoms with E-state index in [0.717, 1.165) is 25.9 Å². The SMILES string of the molecule is O=C(CN1CCN(C(=O)Nc2cccc(N3CCOC3=O)c2)CC1)N1CCCCC1. The molecular weight excluding hydrogens is 386 g/mol. The first-order valence-electron chi connectivity index (χ1n) is 10.7. The predicted molar refractivity (Wildman–Crippen MR) is 113 cm³/mol. The number of rotatable bonds is 4. The lowest BCUT2D eigenvalue weighted by Gasteiger charge is -2.36. The fraction of sp³-hybridized carbons (Fsp3) is 0.571. The molecule has 162 valence electrons. The van der Waals surface area contributed by atoms with Crippen molar-refractivity contribution in [2.75, 3.05) is 69.2 Å². The Morgan fingerprint density at radius 1 is 0.933 bits per heavy atom. The Morgan fingerprint density at radius 3 is 2.40 bits per heavy atom. The lowest BCUT2D eigenvalue weighted by atomic mass is 10.1. The van der Waals surface area contributed by atoms with Crippen LogP contribution < -0.4 is 10.2 Å². The van der Waals surface area contributed by atoms with Crippen molar-refractivity contribution in [3.63, 3.8) is 0 Å². The summed E-state index contributed by atoms with van der Waals surface area (Å²) < 4.78 is 4.97. The molecule has 3 aliphatic heterocycles. The molecular formula is C21H29N5O4. The normalized spacial score (nSPS) is 20.3. The van der Waals surface area contributed by atoms with Crippen LogP contribution in [0.5, 0.6) is 0 Å². The van der Waals surface area contributed by atoms with E-state index in [9.17, 15) is 14.4 Å². The number of cyclic esters (lactones) is 1. The number of piperazine rings is 1. The van der Waals surface area contributed by atoms with Crippen molar-refractivity contribution in [2.45, 2.75) is 19.3 Å². The first-order chi connectivity index (χ1) is 14.6. The average molecular weight is 415 g/mol. The summed E-state index contributed by atoms with van der Waals surface area (Å²) in [6.07, 6.45) is 3.04. The minimum atomic E-state index is -0.367. The van der Waals surface area contributed by atoms with E-state index in [2.05, 4.69) is 10.2 Å². The Morgan fingerprint density at radius 2 is 1.70 bits per heavy atom. The van der Waals surface area contributed by atoms with Gasteiger partial charge in [0.15, 0.2) is 0 Å². The van der Waals surface area contributed by atoms with Crippen LogP contribution in [0.2, 0.25) is 0 Å². The first-order valence-corrected chi connectivity index (χ1v) is 10.7. The monoisotopic (exact) mass is 415 g/mol. The quantitative estimate of drug-likeness (QED) is 0.811. The molecule has 0 aromatic heterocycles. The Hall–Kier alpha value is -2.81. The fourth-order valence-corrected chi connectivity index (χ4v) is 4.13. The molecule has 0 spiro atoms. The van der Waals surface area contributed by atoms with Gasteiger partial charge in [0.25, 0.3) is 0 Å². The van der Waals surface area contributed by atoms with Crippen LogP contribution in [0.25, 0.3) is 0 Å². The molecule has 4 rings (SSSR count). The lowest BCUT2D eigenvalue weighted by molar-refractivity contribution is -0.133. The molecule has 3 heterocycles. The lowest BCUT2D eigenvalue weighted by Crippen LogP contribution is -2.52. The summed E-state index contributed by atoms with van der Waals surface area (Å²) in [4.78, 5) is 44.2. The van der Waals surface area contributed by atoms with Gasteiger partial charge in [-0.2, -0.15) is 0 Å². The second kappa shape index (κ2) is 9.34. The van der Waals surface area contributed by atoms with Gasteiger partial charge >= 0.3 is 12.1 Å². The molecule has 1 N–H and O–H groups in total. The third kappa shape index (κ3) is 4.84. The summed E-state index contributed by atoms with van der Waals surface area (Å²) in [5.41, 5.74) is 1.34. The zero-order chi connectivity index (χ0) is 20.9. The smallest absolute Gasteiger partial charge is 0.414 e. The van der Waals surface area contributed by atoms with Gasteiger partial charge in [0.2, 0.25) is 5.91 Å². The van der Waals surface area contributed by atoms with Crippen LogP contribution in [0.1, 0.15) is 19.3 Å². The number of likely N-dealkylation sites (tertiary alicyclic amines) is 1. The van der Waals surface area contributed by atoms with Crippen molar-refractivity contribution in [2.24, 2.45) is 0 Å². The zero-order valence-corrected chi connectivity index (χ0v) is 17.2. The number of nitrogens with zero attached hydrogens (tertiary/aromatic N) is 4. The zero-order valence-electron chi connectivity index (χ0n) is 17.2. The highest BCUT2D eigenvalue weighted by Gasteiger charge is 2.26. The van der Waals surface area contributed by atoms with Crippen molar-refractivity contribution < 1.29 is 19.1 Å². The maximum atomic E-state index is 12.7. The number of carbonyl (C=O) groups excluding carboxylic acids is 3. The van der Waals surface area contributed by atoms with Crippen molar-refractivity contribution in [1.29, 1.82) is 0 Å². The van der Waals surface area contributed by atoms with Crippen LogP contribution in [-0.2, 0) is 9.53 Å². The molecule has 9 nitrogen and oxygen atoms in total. The van der Waals surface area contributed by atoms with Gasteiger partial charge in [0.1, 0.15) is 6.61 Å². The molecule has 1 aromatic rings. The number of amides is 4. The van der Waals surface area contributed by atoms with Gasteiger partial charge in [0, 0.05) is 50.6 Å². The third-order valence-electron chi connectivity index (χ3n) is 5.90. The molecule has 0 radical (unpaired) electrons. The van der Waals surface area contributed by atoms with Crippen molar-refractivity contribution in [1.82, 2.24) is 14.7 Å². The van der Waals surface area contributed by atoms with Crippen LogP contribution >= 0.6 is 0 Å².